The van der Waals surface area contributed by atoms with Gasteiger partial charge in [0.05, 0.1) is 6.33 Å². The lowest BCUT2D eigenvalue weighted by Crippen LogP contribution is -2.30. The van der Waals surface area contributed by atoms with E-state index in [1.807, 2.05) is 11.0 Å². The van der Waals surface area contributed by atoms with Gasteiger partial charge in [0.2, 0.25) is 11.8 Å². The zero-order chi connectivity index (χ0) is 17.9. The molecule has 0 unspecified atom stereocenters. The summed E-state index contributed by atoms with van der Waals surface area (Å²) in [6, 6.07) is 9.70. The molecule has 0 saturated carbocycles. The maximum atomic E-state index is 13.0. The molecule has 1 fully saturated rings. The number of nitrogens with zero attached hydrogens (tertiary/aromatic N) is 4. The summed E-state index contributed by atoms with van der Waals surface area (Å²) in [5.41, 5.74) is 2.19. The molecule has 26 heavy (non-hydrogen) atoms. The van der Waals surface area contributed by atoms with Gasteiger partial charge in [0, 0.05) is 19.2 Å². The SMILES string of the molecule is O=C(Cn1cnc2ccc(OCc3ccc(F)cc3)nc21)N1CCCC1. The molecule has 0 radical (unpaired) electrons. The van der Waals surface area contributed by atoms with Crippen LogP contribution < -0.4 is 4.74 Å². The van der Waals surface area contributed by atoms with E-state index < -0.39 is 0 Å². The van der Waals surface area contributed by atoms with Crippen LogP contribution in [0.2, 0.25) is 0 Å². The van der Waals surface area contributed by atoms with Crippen LogP contribution in [-0.2, 0) is 17.9 Å². The van der Waals surface area contributed by atoms with Crippen LogP contribution in [-0.4, -0.2) is 38.4 Å². The van der Waals surface area contributed by atoms with Gasteiger partial charge in [-0.1, -0.05) is 12.1 Å². The van der Waals surface area contributed by atoms with E-state index in [9.17, 15) is 9.18 Å². The van der Waals surface area contributed by atoms with Crippen LogP contribution in [0.3, 0.4) is 0 Å². The van der Waals surface area contributed by atoms with Gasteiger partial charge >= 0.3 is 0 Å². The number of likely N-dealkylation sites (tertiary alicyclic amines) is 1. The summed E-state index contributed by atoms with van der Waals surface area (Å²) in [5, 5.41) is 0. The molecule has 3 aromatic rings. The van der Waals surface area contributed by atoms with Crippen molar-refractivity contribution in [2.45, 2.75) is 26.0 Å². The number of fused-ring (bicyclic) bond motifs is 1. The molecule has 4 rings (SSSR count). The Bertz CT molecular complexity index is 917. The Morgan fingerprint density at radius 1 is 1.12 bits per heavy atom. The van der Waals surface area contributed by atoms with E-state index in [1.165, 1.54) is 12.1 Å². The fourth-order valence-corrected chi connectivity index (χ4v) is 3.07. The van der Waals surface area contributed by atoms with Crippen LogP contribution in [0.15, 0.2) is 42.7 Å². The molecule has 1 amide bonds. The molecule has 0 atom stereocenters. The third-order valence-corrected chi connectivity index (χ3v) is 4.50. The fraction of sp³-hybridized carbons (Fsp3) is 0.316. The minimum atomic E-state index is -0.278. The second-order valence-corrected chi connectivity index (χ2v) is 6.37. The molecule has 0 bridgehead atoms. The van der Waals surface area contributed by atoms with Crippen molar-refractivity contribution in [2.24, 2.45) is 0 Å². The summed E-state index contributed by atoms with van der Waals surface area (Å²) in [5.74, 6) is 0.248. The van der Waals surface area contributed by atoms with Crippen molar-refractivity contribution in [1.29, 1.82) is 0 Å². The van der Waals surface area contributed by atoms with Crippen molar-refractivity contribution in [3.63, 3.8) is 0 Å². The van der Waals surface area contributed by atoms with Gasteiger partial charge < -0.3 is 14.2 Å². The Morgan fingerprint density at radius 2 is 1.88 bits per heavy atom. The first kappa shape index (κ1) is 16.5. The maximum absolute atomic E-state index is 13.0. The number of amides is 1. The summed E-state index contributed by atoms with van der Waals surface area (Å²) in [6.45, 7) is 2.17. The fourth-order valence-electron chi connectivity index (χ4n) is 3.07. The minimum Gasteiger partial charge on any atom is -0.473 e. The normalized spacial score (nSPS) is 14.1. The highest BCUT2D eigenvalue weighted by Crippen LogP contribution is 2.18. The summed E-state index contributed by atoms with van der Waals surface area (Å²) >= 11 is 0. The first-order valence-corrected chi connectivity index (χ1v) is 8.66. The van der Waals surface area contributed by atoms with Gasteiger partial charge in [-0.15, -0.1) is 0 Å². The van der Waals surface area contributed by atoms with Crippen LogP contribution in [0.4, 0.5) is 4.39 Å². The third-order valence-electron chi connectivity index (χ3n) is 4.50. The van der Waals surface area contributed by atoms with E-state index in [0.29, 0.717) is 23.7 Å². The first-order chi connectivity index (χ1) is 12.7. The lowest BCUT2D eigenvalue weighted by Gasteiger charge is -2.15. The van der Waals surface area contributed by atoms with Crippen molar-refractivity contribution >= 4 is 17.1 Å². The van der Waals surface area contributed by atoms with Gasteiger partial charge in [0.1, 0.15) is 24.5 Å². The van der Waals surface area contributed by atoms with E-state index in [4.69, 9.17) is 4.74 Å². The molecule has 0 N–H and O–H groups in total. The van der Waals surface area contributed by atoms with Crippen molar-refractivity contribution < 1.29 is 13.9 Å². The summed E-state index contributed by atoms with van der Waals surface area (Å²) in [6.07, 6.45) is 3.77. The second kappa shape index (κ2) is 7.11. The highest BCUT2D eigenvalue weighted by molar-refractivity contribution is 5.79. The number of carbonyl (C=O) groups excluding carboxylic acids is 1. The molecule has 6 nitrogen and oxygen atoms in total. The topological polar surface area (TPSA) is 60.3 Å². The van der Waals surface area contributed by atoms with Crippen LogP contribution >= 0.6 is 0 Å². The van der Waals surface area contributed by atoms with Gasteiger partial charge in [-0.2, -0.15) is 4.98 Å². The first-order valence-electron chi connectivity index (χ1n) is 8.66. The predicted octanol–water partition coefficient (Wildman–Crippen LogP) is 2.77. The molecule has 1 aliphatic heterocycles. The van der Waals surface area contributed by atoms with Crippen molar-refractivity contribution in [1.82, 2.24) is 19.4 Å². The summed E-state index contributed by atoms with van der Waals surface area (Å²) < 4.78 is 20.4. The molecule has 1 aromatic carbocycles. The monoisotopic (exact) mass is 354 g/mol. The van der Waals surface area contributed by atoms with Gasteiger partial charge in [-0.05, 0) is 36.6 Å². The summed E-state index contributed by atoms with van der Waals surface area (Å²) in [7, 11) is 0. The third kappa shape index (κ3) is 3.51. The largest absolute Gasteiger partial charge is 0.473 e. The number of rotatable bonds is 5. The van der Waals surface area contributed by atoms with Gasteiger partial charge in [-0.3, -0.25) is 4.79 Å². The molecule has 1 saturated heterocycles. The van der Waals surface area contributed by atoms with Crippen molar-refractivity contribution in [2.75, 3.05) is 13.1 Å². The Kier molecular flexibility index (Phi) is 4.51. The Balaban J connectivity index is 1.48. The number of ether oxygens (including phenoxy) is 1. The molecule has 134 valence electrons. The van der Waals surface area contributed by atoms with E-state index >= 15 is 0 Å². The number of imidazole rings is 1. The van der Waals surface area contributed by atoms with Gasteiger partial charge in [-0.25, -0.2) is 9.37 Å². The molecule has 0 spiro atoms. The van der Waals surface area contributed by atoms with E-state index in [0.717, 1.165) is 31.5 Å². The van der Waals surface area contributed by atoms with Crippen molar-refractivity contribution in [3.8, 4) is 5.88 Å². The highest BCUT2D eigenvalue weighted by atomic mass is 19.1. The number of halogens is 1. The molecule has 0 aliphatic carbocycles. The quantitative estimate of drug-likeness (QED) is 0.707. The molecule has 2 aromatic heterocycles. The molecule has 1 aliphatic rings. The van der Waals surface area contributed by atoms with Crippen LogP contribution in [0, 0.1) is 5.82 Å². The zero-order valence-corrected chi connectivity index (χ0v) is 14.3. The van der Waals surface area contributed by atoms with Crippen LogP contribution in [0.5, 0.6) is 5.88 Å². The Labute approximate surface area is 150 Å². The zero-order valence-electron chi connectivity index (χ0n) is 14.3. The lowest BCUT2D eigenvalue weighted by atomic mass is 10.2. The molecule has 7 heteroatoms. The number of aromatic nitrogens is 3. The van der Waals surface area contributed by atoms with Crippen LogP contribution in [0.25, 0.3) is 11.2 Å². The van der Waals surface area contributed by atoms with E-state index in [-0.39, 0.29) is 18.3 Å². The number of hydrogen-bond donors (Lipinski definition) is 0. The Hall–Kier alpha value is -2.96. The van der Waals surface area contributed by atoms with Gasteiger partial charge in [0.15, 0.2) is 5.65 Å². The smallest absolute Gasteiger partial charge is 0.242 e. The van der Waals surface area contributed by atoms with Crippen LogP contribution in [0.1, 0.15) is 18.4 Å². The second-order valence-electron chi connectivity index (χ2n) is 6.37. The Morgan fingerprint density at radius 3 is 2.65 bits per heavy atom. The molecule has 3 heterocycles. The van der Waals surface area contributed by atoms with Gasteiger partial charge in [0.25, 0.3) is 0 Å². The average Bonchev–Trinajstić information content (AvgIpc) is 3.32. The maximum Gasteiger partial charge on any atom is 0.242 e. The minimum absolute atomic E-state index is 0.0845. The number of benzene rings is 1. The van der Waals surface area contributed by atoms with Crippen molar-refractivity contribution in [3.05, 3.63) is 54.1 Å². The number of pyridine rings is 1. The molecular weight excluding hydrogens is 335 g/mol. The molecular formula is C19H19FN4O2. The predicted molar refractivity (Wildman–Crippen MR) is 94.1 cm³/mol. The standard InChI is InChI=1S/C19H19FN4O2/c20-15-5-3-14(4-6-15)12-26-17-8-7-16-19(22-17)24(13-21-16)11-18(25)23-9-1-2-10-23/h3-8,13H,1-2,9-12H2. The average molecular weight is 354 g/mol. The van der Waals surface area contributed by atoms with E-state index in [2.05, 4.69) is 9.97 Å². The number of carbonyl (C=O) groups is 1. The van der Waals surface area contributed by atoms with E-state index in [1.54, 1.807) is 29.1 Å². The highest BCUT2D eigenvalue weighted by Gasteiger charge is 2.19. The number of hydrogen-bond acceptors (Lipinski definition) is 4. The lowest BCUT2D eigenvalue weighted by molar-refractivity contribution is -0.130. The summed E-state index contributed by atoms with van der Waals surface area (Å²) in [4.78, 5) is 23.0.